The van der Waals surface area contributed by atoms with Gasteiger partial charge in [0.25, 0.3) is 5.69 Å². The number of rotatable bonds is 6. The number of aliphatic imine (C=N–C) groups is 1. The Hall–Kier alpha value is -3.98. The monoisotopic (exact) mass is 460 g/mol. The van der Waals surface area contributed by atoms with Crippen LogP contribution in [0.1, 0.15) is 12.0 Å². The van der Waals surface area contributed by atoms with Crippen LogP contribution in [0, 0.1) is 17.0 Å². The van der Waals surface area contributed by atoms with Crippen molar-refractivity contribution < 1.29 is 14.5 Å². The molecule has 166 valence electrons. The number of carbonyl (C=O) groups is 2. The quantitative estimate of drug-likeness (QED) is 0.409. The summed E-state index contributed by atoms with van der Waals surface area (Å²) in [7, 11) is 0. The topological polar surface area (TPSA) is 105 Å². The molecule has 0 radical (unpaired) electrons. The van der Waals surface area contributed by atoms with Gasteiger partial charge < -0.3 is 5.32 Å². The zero-order valence-corrected chi connectivity index (χ0v) is 18.5. The summed E-state index contributed by atoms with van der Waals surface area (Å²) in [5.41, 5.74) is 2.38. The van der Waals surface area contributed by atoms with Crippen LogP contribution >= 0.6 is 11.8 Å². The molecule has 0 bridgehead atoms. The molecule has 0 unspecified atom stereocenters. The number of anilines is 2. The molecule has 0 saturated carbocycles. The number of nitro benzene ring substituents is 1. The van der Waals surface area contributed by atoms with E-state index in [2.05, 4.69) is 10.3 Å². The first-order chi connectivity index (χ1) is 15.9. The lowest BCUT2D eigenvalue weighted by molar-refractivity contribution is -0.384. The van der Waals surface area contributed by atoms with Crippen molar-refractivity contribution in [3.05, 3.63) is 94.5 Å². The maximum Gasteiger partial charge on any atom is 0.269 e. The van der Waals surface area contributed by atoms with Crippen LogP contribution < -0.4 is 10.2 Å². The summed E-state index contributed by atoms with van der Waals surface area (Å²) in [5, 5.41) is 13.5. The van der Waals surface area contributed by atoms with Crippen LogP contribution in [-0.2, 0) is 9.59 Å². The molecular formula is C24H20N4O4S. The number of hydrogen-bond donors (Lipinski definition) is 1. The van der Waals surface area contributed by atoms with Gasteiger partial charge in [0.15, 0.2) is 5.17 Å². The Morgan fingerprint density at radius 3 is 2.39 bits per heavy atom. The van der Waals surface area contributed by atoms with Gasteiger partial charge in [0.05, 0.1) is 16.3 Å². The van der Waals surface area contributed by atoms with Gasteiger partial charge in [-0.15, -0.1) is 0 Å². The van der Waals surface area contributed by atoms with Gasteiger partial charge in [-0.05, 0) is 42.8 Å². The van der Waals surface area contributed by atoms with E-state index in [9.17, 15) is 19.7 Å². The number of nitro groups is 1. The van der Waals surface area contributed by atoms with E-state index in [-0.39, 0.29) is 23.9 Å². The lowest BCUT2D eigenvalue weighted by atomic mass is 10.1. The normalized spacial score (nSPS) is 16.8. The molecule has 1 N–H and O–H groups in total. The molecule has 2 amide bonds. The molecule has 4 rings (SSSR count). The largest absolute Gasteiger partial charge is 0.326 e. The highest BCUT2D eigenvalue weighted by Gasteiger charge is 2.40. The first-order valence-corrected chi connectivity index (χ1v) is 11.0. The Balaban J connectivity index is 1.54. The highest BCUT2D eigenvalue weighted by atomic mass is 32.2. The number of benzene rings is 3. The lowest BCUT2D eigenvalue weighted by Gasteiger charge is -2.16. The number of amides is 2. The Morgan fingerprint density at radius 2 is 1.76 bits per heavy atom. The van der Waals surface area contributed by atoms with E-state index in [0.717, 1.165) is 0 Å². The van der Waals surface area contributed by atoms with E-state index >= 15 is 0 Å². The van der Waals surface area contributed by atoms with Crippen LogP contribution in [0.3, 0.4) is 0 Å². The summed E-state index contributed by atoms with van der Waals surface area (Å²) in [6.07, 6.45) is -0.0585. The Kier molecular flexibility index (Phi) is 6.50. The molecule has 1 heterocycles. The van der Waals surface area contributed by atoms with E-state index in [1.165, 1.54) is 34.9 Å². The van der Waals surface area contributed by atoms with Gasteiger partial charge in [0, 0.05) is 24.2 Å². The number of aryl methyl sites for hydroxylation is 1. The molecule has 8 nitrogen and oxygen atoms in total. The fourth-order valence-corrected chi connectivity index (χ4v) is 4.53. The van der Waals surface area contributed by atoms with Gasteiger partial charge in [0.2, 0.25) is 11.8 Å². The summed E-state index contributed by atoms with van der Waals surface area (Å²) in [6.45, 7) is 1.68. The predicted octanol–water partition coefficient (Wildman–Crippen LogP) is 5.07. The minimum absolute atomic E-state index is 0.0488. The molecule has 1 atom stereocenters. The number of nitrogens with one attached hydrogen (secondary N) is 1. The summed E-state index contributed by atoms with van der Waals surface area (Å²) >= 11 is 1.24. The second-order valence-electron chi connectivity index (χ2n) is 7.35. The van der Waals surface area contributed by atoms with Crippen molar-refractivity contribution in [2.24, 2.45) is 4.99 Å². The minimum atomic E-state index is -0.647. The third kappa shape index (κ3) is 5.09. The summed E-state index contributed by atoms with van der Waals surface area (Å²) < 4.78 is 0. The molecular weight excluding hydrogens is 440 g/mol. The molecule has 0 aromatic heterocycles. The number of amidine groups is 1. The van der Waals surface area contributed by atoms with Gasteiger partial charge in [0.1, 0.15) is 5.25 Å². The highest BCUT2D eigenvalue weighted by Crippen LogP contribution is 2.35. The Bertz CT molecular complexity index is 1230. The average Bonchev–Trinajstić information content (AvgIpc) is 3.10. The van der Waals surface area contributed by atoms with Crippen LogP contribution in [0.2, 0.25) is 0 Å². The number of non-ortho nitro benzene ring substituents is 1. The predicted molar refractivity (Wildman–Crippen MR) is 130 cm³/mol. The number of para-hydroxylation sites is 2. The molecule has 1 saturated heterocycles. The van der Waals surface area contributed by atoms with Crippen LogP contribution in [0.5, 0.6) is 0 Å². The van der Waals surface area contributed by atoms with Crippen molar-refractivity contribution in [1.29, 1.82) is 0 Å². The van der Waals surface area contributed by atoms with Crippen LogP contribution in [0.15, 0.2) is 83.9 Å². The van der Waals surface area contributed by atoms with Crippen LogP contribution in [0.25, 0.3) is 0 Å². The second kappa shape index (κ2) is 9.66. The van der Waals surface area contributed by atoms with E-state index in [0.29, 0.717) is 27.8 Å². The van der Waals surface area contributed by atoms with Crippen molar-refractivity contribution >= 4 is 51.5 Å². The molecule has 1 aliphatic heterocycles. The van der Waals surface area contributed by atoms with Crippen molar-refractivity contribution in [2.45, 2.75) is 18.6 Å². The minimum Gasteiger partial charge on any atom is -0.326 e. The van der Waals surface area contributed by atoms with E-state index in [4.69, 9.17) is 0 Å². The second-order valence-corrected chi connectivity index (χ2v) is 8.52. The van der Waals surface area contributed by atoms with Gasteiger partial charge in [-0.25, -0.2) is 4.99 Å². The molecule has 0 spiro atoms. The molecule has 9 heteroatoms. The van der Waals surface area contributed by atoms with Crippen molar-refractivity contribution in [1.82, 2.24) is 0 Å². The summed E-state index contributed by atoms with van der Waals surface area (Å²) in [6, 6.07) is 22.7. The highest BCUT2D eigenvalue weighted by molar-refractivity contribution is 8.16. The van der Waals surface area contributed by atoms with Gasteiger partial charge >= 0.3 is 0 Å². The molecule has 1 fully saturated rings. The molecule has 1 aliphatic rings. The smallest absolute Gasteiger partial charge is 0.269 e. The molecule has 3 aromatic rings. The third-order valence-electron chi connectivity index (χ3n) is 5.00. The van der Waals surface area contributed by atoms with Crippen LogP contribution in [0.4, 0.5) is 22.7 Å². The Labute approximate surface area is 194 Å². The SMILES string of the molecule is Cc1cc([N+](=O)[O-])ccc1NC(=O)C[C@H]1SC(=Nc2ccccc2)N(c2ccccc2)C1=O. The molecule has 3 aromatic carbocycles. The number of nitrogens with zero attached hydrogens (tertiary/aromatic N) is 3. The van der Waals surface area contributed by atoms with Gasteiger partial charge in [-0.3, -0.25) is 24.6 Å². The van der Waals surface area contributed by atoms with Gasteiger partial charge in [-0.1, -0.05) is 48.2 Å². The van der Waals surface area contributed by atoms with Crippen LogP contribution in [-0.4, -0.2) is 27.2 Å². The first kappa shape index (κ1) is 22.2. The summed E-state index contributed by atoms with van der Waals surface area (Å²) in [4.78, 5) is 42.6. The van der Waals surface area contributed by atoms with E-state index in [1.54, 1.807) is 6.92 Å². The Morgan fingerprint density at radius 1 is 1.09 bits per heavy atom. The maximum absolute atomic E-state index is 13.3. The van der Waals surface area contributed by atoms with Crippen molar-refractivity contribution in [3.8, 4) is 0 Å². The standard InChI is InChI=1S/C24H20N4O4S/c1-16-14-19(28(31)32)12-13-20(16)26-22(29)15-21-23(30)27(18-10-6-3-7-11-18)24(33-21)25-17-8-4-2-5-9-17/h2-14,21H,15H2,1H3,(H,26,29)/t21-/m1/s1. The summed E-state index contributed by atoms with van der Waals surface area (Å²) in [5.74, 6) is -0.580. The molecule has 0 aliphatic carbocycles. The lowest BCUT2D eigenvalue weighted by Crippen LogP contribution is -2.33. The average molecular weight is 461 g/mol. The maximum atomic E-state index is 13.3. The zero-order chi connectivity index (χ0) is 23.4. The number of carbonyl (C=O) groups excluding carboxylic acids is 2. The van der Waals surface area contributed by atoms with Crippen molar-refractivity contribution in [2.75, 3.05) is 10.2 Å². The van der Waals surface area contributed by atoms with Crippen molar-refractivity contribution in [3.63, 3.8) is 0 Å². The molecule has 33 heavy (non-hydrogen) atoms. The zero-order valence-electron chi connectivity index (χ0n) is 17.7. The fraction of sp³-hybridized carbons (Fsp3) is 0.125. The third-order valence-corrected chi connectivity index (χ3v) is 6.13. The number of thioether (sulfide) groups is 1. The number of hydrogen-bond acceptors (Lipinski definition) is 6. The van der Waals surface area contributed by atoms with Gasteiger partial charge in [-0.2, -0.15) is 0 Å². The van der Waals surface area contributed by atoms with E-state index in [1.807, 2.05) is 60.7 Å². The van der Waals surface area contributed by atoms with E-state index < -0.39 is 10.2 Å². The first-order valence-electron chi connectivity index (χ1n) is 10.2. The fourth-order valence-electron chi connectivity index (χ4n) is 3.37.